The van der Waals surface area contributed by atoms with Crippen molar-refractivity contribution < 1.29 is 9.59 Å². The molecular weight excluding hydrogens is 488 g/mol. The van der Waals surface area contributed by atoms with Crippen molar-refractivity contribution in [1.29, 1.82) is 5.26 Å². The zero-order chi connectivity index (χ0) is 25.7. The molecule has 0 spiro atoms. The van der Waals surface area contributed by atoms with Crippen LogP contribution in [0.4, 0.5) is 11.4 Å². The number of carbonyl (C=O) groups is 2. The standard InChI is InChI=1S/C28H26N4O2S2/c1-17-9-4-6-11-21(17)31-24(33)16-36-28-20(15-29)26(23-13-8-14-35-23)25(19(3)30-28)27(34)32-22-12-7-5-10-18(22)2/h4-14,26,30H,16H2,1-3H3,(H,31,33)(H,32,34)/t26-/m1/s1. The largest absolute Gasteiger partial charge is 0.353 e. The number of thiophene rings is 1. The molecule has 4 rings (SSSR count). The number of hydrogen-bond donors (Lipinski definition) is 3. The molecule has 0 aliphatic carbocycles. The van der Waals surface area contributed by atoms with Crippen molar-refractivity contribution in [1.82, 2.24) is 5.32 Å². The van der Waals surface area contributed by atoms with Crippen LogP contribution in [0.15, 0.2) is 87.9 Å². The SMILES string of the molecule is CC1=C(C(=O)Nc2ccccc2C)[C@@H](c2cccs2)C(C#N)=C(SCC(=O)Nc2ccccc2C)N1. The summed E-state index contributed by atoms with van der Waals surface area (Å²) in [5.74, 6) is -0.834. The number of thioether (sulfide) groups is 1. The molecule has 2 heterocycles. The number of hydrogen-bond acceptors (Lipinski definition) is 6. The lowest BCUT2D eigenvalue weighted by atomic mass is 9.86. The average molecular weight is 515 g/mol. The van der Waals surface area contributed by atoms with Gasteiger partial charge in [-0.2, -0.15) is 5.26 Å². The van der Waals surface area contributed by atoms with Gasteiger partial charge in [-0.15, -0.1) is 11.3 Å². The molecule has 1 aliphatic heterocycles. The van der Waals surface area contributed by atoms with Crippen molar-refractivity contribution in [2.24, 2.45) is 0 Å². The maximum absolute atomic E-state index is 13.5. The number of dihydropyridines is 1. The lowest BCUT2D eigenvalue weighted by molar-refractivity contribution is -0.114. The first kappa shape index (κ1) is 25.3. The summed E-state index contributed by atoms with van der Waals surface area (Å²) in [6.07, 6.45) is 0. The highest BCUT2D eigenvalue weighted by molar-refractivity contribution is 8.03. The lowest BCUT2D eigenvalue weighted by Crippen LogP contribution is -2.31. The number of nitrogens with zero attached hydrogens (tertiary/aromatic N) is 1. The average Bonchev–Trinajstić information content (AvgIpc) is 3.39. The zero-order valence-electron chi connectivity index (χ0n) is 20.2. The van der Waals surface area contributed by atoms with Crippen LogP contribution in [0.5, 0.6) is 0 Å². The molecule has 1 aliphatic rings. The highest BCUT2D eigenvalue weighted by atomic mass is 32.2. The molecule has 1 atom stereocenters. The predicted octanol–water partition coefficient (Wildman–Crippen LogP) is 6.07. The second-order valence-electron chi connectivity index (χ2n) is 8.39. The summed E-state index contributed by atoms with van der Waals surface area (Å²) in [4.78, 5) is 27.1. The number of para-hydroxylation sites is 2. The maximum atomic E-state index is 13.5. The van der Waals surface area contributed by atoms with Crippen LogP contribution in [0, 0.1) is 25.2 Å². The molecule has 6 nitrogen and oxygen atoms in total. The number of nitriles is 1. The van der Waals surface area contributed by atoms with E-state index in [2.05, 4.69) is 22.0 Å². The molecule has 8 heteroatoms. The van der Waals surface area contributed by atoms with E-state index in [0.29, 0.717) is 21.9 Å². The minimum atomic E-state index is -0.526. The van der Waals surface area contributed by atoms with Crippen LogP contribution in [-0.2, 0) is 9.59 Å². The van der Waals surface area contributed by atoms with Gasteiger partial charge in [0.05, 0.1) is 28.3 Å². The summed E-state index contributed by atoms with van der Waals surface area (Å²) >= 11 is 2.76. The van der Waals surface area contributed by atoms with Crippen LogP contribution in [-0.4, -0.2) is 17.6 Å². The van der Waals surface area contributed by atoms with Crippen LogP contribution < -0.4 is 16.0 Å². The van der Waals surface area contributed by atoms with Gasteiger partial charge < -0.3 is 16.0 Å². The van der Waals surface area contributed by atoms with Crippen LogP contribution in [0.3, 0.4) is 0 Å². The number of carbonyl (C=O) groups excluding carboxylic acids is 2. The summed E-state index contributed by atoms with van der Waals surface area (Å²) in [6, 6.07) is 21.3. The van der Waals surface area contributed by atoms with E-state index >= 15 is 0 Å². The van der Waals surface area contributed by atoms with Gasteiger partial charge in [0.1, 0.15) is 0 Å². The topological polar surface area (TPSA) is 94.0 Å². The minimum Gasteiger partial charge on any atom is -0.353 e. The van der Waals surface area contributed by atoms with Crippen molar-refractivity contribution in [3.63, 3.8) is 0 Å². The van der Waals surface area contributed by atoms with Gasteiger partial charge in [-0.05, 0) is 55.5 Å². The van der Waals surface area contributed by atoms with Gasteiger partial charge in [-0.1, -0.05) is 54.2 Å². The molecule has 0 fully saturated rings. The van der Waals surface area contributed by atoms with Gasteiger partial charge in [0.25, 0.3) is 5.91 Å². The van der Waals surface area contributed by atoms with E-state index in [1.165, 1.54) is 23.1 Å². The number of benzene rings is 2. The second-order valence-corrected chi connectivity index (χ2v) is 10.4. The summed E-state index contributed by atoms with van der Waals surface area (Å²) in [5.41, 5.74) is 4.98. The van der Waals surface area contributed by atoms with Crippen LogP contribution in [0.25, 0.3) is 0 Å². The maximum Gasteiger partial charge on any atom is 0.254 e. The molecule has 182 valence electrons. The fourth-order valence-electron chi connectivity index (χ4n) is 4.01. The van der Waals surface area contributed by atoms with Gasteiger partial charge >= 0.3 is 0 Å². The van der Waals surface area contributed by atoms with Gasteiger partial charge in [-0.3, -0.25) is 9.59 Å². The highest BCUT2D eigenvalue weighted by Gasteiger charge is 2.35. The molecule has 2 aromatic carbocycles. The van der Waals surface area contributed by atoms with Crippen molar-refractivity contribution in [2.45, 2.75) is 26.7 Å². The van der Waals surface area contributed by atoms with E-state index in [0.717, 1.165) is 27.4 Å². The Kier molecular flexibility index (Phi) is 7.93. The smallest absolute Gasteiger partial charge is 0.254 e. The first-order valence-corrected chi connectivity index (χ1v) is 13.3. The van der Waals surface area contributed by atoms with Crippen molar-refractivity contribution >= 4 is 46.3 Å². The zero-order valence-corrected chi connectivity index (χ0v) is 21.8. The Labute approximate surface area is 219 Å². The molecular formula is C28H26N4O2S2. The van der Waals surface area contributed by atoms with Crippen LogP contribution in [0.2, 0.25) is 0 Å². The van der Waals surface area contributed by atoms with Gasteiger partial charge in [0, 0.05) is 27.5 Å². The van der Waals surface area contributed by atoms with Crippen LogP contribution in [0.1, 0.15) is 28.8 Å². The molecule has 2 amide bonds. The van der Waals surface area contributed by atoms with E-state index in [1.807, 2.05) is 86.8 Å². The third kappa shape index (κ3) is 5.54. The quantitative estimate of drug-likeness (QED) is 0.356. The predicted molar refractivity (Wildman–Crippen MR) is 148 cm³/mol. The van der Waals surface area contributed by atoms with E-state index in [9.17, 15) is 14.9 Å². The molecule has 1 aromatic heterocycles. The molecule has 0 radical (unpaired) electrons. The third-order valence-corrected chi connectivity index (χ3v) is 7.83. The second kappa shape index (κ2) is 11.3. The van der Waals surface area contributed by atoms with Crippen molar-refractivity contribution in [3.8, 4) is 6.07 Å². The Bertz CT molecular complexity index is 1400. The van der Waals surface area contributed by atoms with Gasteiger partial charge in [0.15, 0.2) is 0 Å². The number of nitrogens with one attached hydrogen (secondary N) is 3. The summed E-state index contributed by atoms with van der Waals surface area (Å²) < 4.78 is 0. The number of rotatable bonds is 7. The molecule has 3 aromatic rings. The Morgan fingerprint density at radius 2 is 1.61 bits per heavy atom. The fourth-order valence-corrected chi connectivity index (χ4v) is 5.74. The Morgan fingerprint density at radius 3 is 2.19 bits per heavy atom. The first-order chi connectivity index (χ1) is 17.4. The van der Waals surface area contributed by atoms with Gasteiger partial charge in [-0.25, -0.2) is 0 Å². The third-order valence-electron chi connectivity index (χ3n) is 5.88. The van der Waals surface area contributed by atoms with Gasteiger partial charge in [0.2, 0.25) is 5.91 Å². The molecule has 0 saturated carbocycles. The normalized spacial score (nSPS) is 15.2. The molecule has 3 N–H and O–H groups in total. The number of amides is 2. The number of aryl methyl sites for hydroxylation is 2. The Hall–Kier alpha value is -3.80. The minimum absolute atomic E-state index is 0.122. The summed E-state index contributed by atoms with van der Waals surface area (Å²) in [6.45, 7) is 5.70. The van der Waals surface area contributed by atoms with Crippen molar-refractivity contribution in [2.75, 3.05) is 16.4 Å². The first-order valence-electron chi connectivity index (χ1n) is 11.4. The Morgan fingerprint density at radius 1 is 0.972 bits per heavy atom. The lowest BCUT2D eigenvalue weighted by Gasteiger charge is -2.29. The highest BCUT2D eigenvalue weighted by Crippen LogP contribution is 2.42. The Balaban J connectivity index is 1.60. The number of allylic oxidation sites excluding steroid dienone is 2. The summed E-state index contributed by atoms with van der Waals surface area (Å²) in [5, 5.41) is 21.9. The number of anilines is 2. The molecule has 36 heavy (non-hydrogen) atoms. The molecule has 0 saturated heterocycles. The summed E-state index contributed by atoms with van der Waals surface area (Å²) in [7, 11) is 0. The van der Waals surface area contributed by atoms with Crippen LogP contribution >= 0.6 is 23.1 Å². The van der Waals surface area contributed by atoms with Crippen molar-refractivity contribution in [3.05, 3.63) is 104 Å². The van der Waals surface area contributed by atoms with E-state index in [4.69, 9.17) is 0 Å². The van der Waals surface area contributed by atoms with E-state index in [1.54, 1.807) is 0 Å². The van der Waals surface area contributed by atoms with E-state index in [-0.39, 0.29) is 17.6 Å². The van der Waals surface area contributed by atoms with E-state index < -0.39 is 5.92 Å². The molecule has 0 bridgehead atoms. The fraction of sp³-hybridized carbons (Fsp3) is 0.179. The molecule has 0 unspecified atom stereocenters. The monoisotopic (exact) mass is 514 g/mol.